The van der Waals surface area contributed by atoms with E-state index in [1.807, 2.05) is 6.20 Å². The average molecular weight is 271 g/mol. The third-order valence-corrected chi connectivity index (χ3v) is 3.50. The van der Waals surface area contributed by atoms with Gasteiger partial charge < -0.3 is 10.3 Å². The highest BCUT2D eigenvalue weighted by Crippen LogP contribution is 2.25. The monoisotopic (exact) mass is 271 g/mol. The minimum Gasteiger partial charge on any atom is -0.347 e. The Hall–Kier alpha value is -1.61. The first-order chi connectivity index (χ1) is 9.52. The SMILES string of the molecule is CCCNC(c1ccc(C(C)(C)C)cc1)c1ncc[nH]1. The molecule has 2 rings (SSSR count). The van der Waals surface area contributed by atoms with Gasteiger partial charge in [-0.3, -0.25) is 0 Å². The first-order valence-electron chi connectivity index (χ1n) is 7.35. The largest absolute Gasteiger partial charge is 0.347 e. The summed E-state index contributed by atoms with van der Waals surface area (Å²) in [5.74, 6) is 0.974. The molecule has 1 heterocycles. The first-order valence-corrected chi connectivity index (χ1v) is 7.35. The standard InChI is InChI=1S/C17H25N3/c1-5-10-18-15(16-19-11-12-20-16)13-6-8-14(9-7-13)17(2,3)4/h6-9,11-12,15,18H,5,10H2,1-4H3,(H,19,20). The third-order valence-electron chi connectivity index (χ3n) is 3.50. The fraction of sp³-hybridized carbons (Fsp3) is 0.471. The zero-order valence-electron chi connectivity index (χ0n) is 12.9. The quantitative estimate of drug-likeness (QED) is 0.868. The van der Waals surface area contributed by atoms with Crippen LogP contribution < -0.4 is 5.32 Å². The number of H-pyrrole nitrogens is 1. The van der Waals surface area contributed by atoms with E-state index < -0.39 is 0 Å². The Morgan fingerprint density at radius 3 is 2.40 bits per heavy atom. The van der Waals surface area contributed by atoms with Crippen molar-refractivity contribution in [2.45, 2.75) is 45.6 Å². The fourth-order valence-corrected chi connectivity index (χ4v) is 2.27. The van der Waals surface area contributed by atoms with Gasteiger partial charge in [-0.2, -0.15) is 0 Å². The van der Waals surface area contributed by atoms with Crippen LogP contribution in [0.4, 0.5) is 0 Å². The molecule has 0 spiro atoms. The predicted octanol–water partition coefficient (Wildman–Crippen LogP) is 3.80. The van der Waals surface area contributed by atoms with E-state index in [0.717, 1.165) is 18.8 Å². The van der Waals surface area contributed by atoms with Crippen molar-refractivity contribution in [2.24, 2.45) is 0 Å². The van der Waals surface area contributed by atoms with E-state index in [0.29, 0.717) is 0 Å². The van der Waals surface area contributed by atoms with Gasteiger partial charge in [-0.15, -0.1) is 0 Å². The Bertz CT molecular complexity index is 506. The molecule has 0 aliphatic rings. The molecule has 0 saturated carbocycles. The molecular formula is C17H25N3. The number of nitrogens with one attached hydrogen (secondary N) is 2. The molecule has 3 nitrogen and oxygen atoms in total. The molecule has 0 amide bonds. The van der Waals surface area contributed by atoms with Gasteiger partial charge >= 0.3 is 0 Å². The summed E-state index contributed by atoms with van der Waals surface area (Å²) in [5, 5.41) is 3.55. The third kappa shape index (κ3) is 3.48. The lowest BCUT2D eigenvalue weighted by atomic mass is 9.86. The highest BCUT2D eigenvalue weighted by molar-refractivity contribution is 5.31. The molecule has 3 heteroatoms. The maximum absolute atomic E-state index is 4.40. The van der Waals surface area contributed by atoms with Crippen LogP contribution >= 0.6 is 0 Å². The average Bonchev–Trinajstić information content (AvgIpc) is 2.93. The smallest absolute Gasteiger partial charge is 0.127 e. The first kappa shape index (κ1) is 14.8. The Kier molecular flexibility index (Phi) is 4.61. The number of rotatable bonds is 5. The lowest BCUT2D eigenvalue weighted by molar-refractivity contribution is 0.572. The minimum absolute atomic E-state index is 0.138. The number of benzene rings is 1. The molecule has 108 valence electrons. The van der Waals surface area contributed by atoms with Crippen LogP contribution in [0.15, 0.2) is 36.7 Å². The minimum atomic E-state index is 0.138. The molecule has 1 aromatic heterocycles. The van der Waals surface area contributed by atoms with Crippen LogP contribution in [-0.2, 0) is 5.41 Å². The summed E-state index contributed by atoms with van der Waals surface area (Å²) in [6.07, 6.45) is 4.79. The van der Waals surface area contributed by atoms with Crippen molar-refractivity contribution in [3.63, 3.8) is 0 Å². The zero-order valence-corrected chi connectivity index (χ0v) is 12.9. The van der Waals surface area contributed by atoms with E-state index in [9.17, 15) is 0 Å². The van der Waals surface area contributed by atoms with Crippen LogP contribution in [0.1, 0.15) is 57.1 Å². The lowest BCUT2D eigenvalue weighted by Crippen LogP contribution is -2.24. The van der Waals surface area contributed by atoms with Crippen LogP contribution in [0.2, 0.25) is 0 Å². The highest BCUT2D eigenvalue weighted by atomic mass is 15.0. The summed E-state index contributed by atoms with van der Waals surface area (Å²) in [7, 11) is 0. The van der Waals surface area contributed by atoms with Gasteiger partial charge in [0.05, 0.1) is 6.04 Å². The number of hydrogen-bond acceptors (Lipinski definition) is 2. The van der Waals surface area contributed by atoms with Crippen LogP contribution in [0.3, 0.4) is 0 Å². The molecule has 20 heavy (non-hydrogen) atoms. The van der Waals surface area contributed by atoms with Crippen molar-refractivity contribution in [1.29, 1.82) is 0 Å². The predicted molar refractivity (Wildman–Crippen MR) is 83.9 cm³/mol. The number of hydrogen-bond donors (Lipinski definition) is 2. The Morgan fingerprint density at radius 1 is 1.20 bits per heavy atom. The van der Waals surface area contributed by atoms with E-state index >= 15 is 0 Å². The molecule has 0 saturated heterocycles. The summed E-state index contributed by atoms with van der Waals surface area (Å²) in [5.41, 5.74) is 2.80. The second kappa shape index (κ2) is 6.23. The summed E-state index contributed by atoms with van der Waals surface area (Å²) < 4.78 is 0. The van der Waals surface area contributed by atoms with E-state index in [4.69, 9.17) is 0 Å². The van der Waals surface area contributed by atoms with E-state index in [1.54, 1.807) is 6.20 Å². The van der Waals surface area contributed by atoms with E-state index in [2.05, 4.69) is 67.2 Å². The van der Waals surface area contributed by atoms with Crippen molar-refractivity contribution in [3.05, 3.63) is 53.6 Å². The number of aromatic amines is 1. The van der Waals surface area contributed by atoms with Crippen LogP contribution in [0.25, 0.3) is 0 Å². The Labute approximate surface area is 121 Å². The van der Waals surface area contributed by atoms with E-state index in [-0.39, 0.29) is 11.5 Å². The van der Waals surface area contributed by atoms with Gasteiger partial charge in [-0.1, -0.05) is 52.0 Å². The molecule has 2 aromatic rings. The molecule has 0 fully saturated rings. The van der Waals surface area contributed by atoms with Crippen molar-refractivity contribution in [2.75, 3.05) is 6.54 Å². The lowest BCUT2D eigenvalue weighted by Gasteiger charge is -2.21. The summed E-state index contributed by atoms with van der Waals surface area (Å²) in [6, 6.07) is 8.99. The molecule has 1 atom stereocenters. The zero-order chi connectivity index (χ0) is 14.6. The second-order valence-corrected chi connectivity index (χ2v) is 6.23. The molecule has 1 aromatic carbocycles. The number of nitrogens with zero attached hydrogens (tertiary/aromatic N) is 1. The molecule has 0 aliphatic carbocycles. The molecule has 2 N–H and O–H groups in total. The van der Waals surface area contributed by atoms with Gasteiger partial charge in [0.25, 0.3) is 0 Å². The van der Waals surface area contributed by atoms with E-state index in [1.165, 1.54) is 11.1 Å². The van der Waals surface area contributed by atoms with Gasteiger partial charge in [0.1, 0.15) is 5.82 Å². The molecule has 0 bridgehead atoms. The normalized spacial score (nSPS) is 13.4. The molecule has 1 unspecified atom stereocenters. The van der Waals surface area contributed by atoms with Crippen LogP contribution in [0.5, 0.6) is 0 Å². The molecule has 0 aliphatic heterocycles. The van der Waals surface area contributed by atoms with Gasteiger partial charge in [0.2, 0.25) is 0 Å². The van der Waals surface area contributed by atoms with Crippen molar-refractivity contribution in [3.8, 4) is 0 Å². The van der Waals surface area contributed by atoms with Gasteiger partial charge in [0, 0.05) is 12.4 Å². The number of imidazole rings is 1. The molecular weight excluding hydrogens is 246 g/mol. The van der Waals surface area contributed by atoms with Gasteiger partial charge in [-0.05, 0) is 29.5 Å². The fourth-order valence-electron chi connectivity index (χ4n) is 2.27. The maximum atomic E-state index is 4.40. The van der Waals surface area contributed by atoms with Crippen molar-refractivity contribution in [1.82, 2.24) is 15.3 Å². The maximum Gasteiger partial charge on any atom is 0.127 e. The van der Waals surface area contributed by atoms with Crippen molar-refractivity contribution < 1.29 is 0 Å². The molecule has 0 radical (unpaired) electrons. The van der Waals surface area contributed by atoms with Crippen LogP contribution in [-0.4, -0.2) is 16.5 Å². The summed E-state index contributed by atoms with van der Waals surface area (Å²) >= 11 is 0. The number of aromatic nitrogens is 2. The van der Waals surface area contributed by atoms with Crippen molar-refractivity contribution >= 4 is 0 Å². The Balaban J connectivity index is 2.25. The second-order valence-electron chi connectivity index (χ2n) is 6.23. The highest BCUT2D eigenvalue weighted by Gasteiger charge is 2.17. The Morgan fingerprint density at radius 2 is 1.90 bits per heavy atom. The topological polar surface area (TPSA) is 40.7 Å². The van der Waals surface area contributed by atoms with Crippen LogP contribution in [0, 0.1) is 0 Å². The summed E-state index contributed by atoms with van der Waals surface area (Å²) in [4.78, 5) is 7.61. The van der Waals surface area contributed by atoms with Gasteiger partial charge in [-0.25, -0.2) is 4.98 Å². The van der Waals surface area contributed by atoms with Gasteiger partial charge in [0.15, 0.2) is 0 Å². The summed E-state index contributed by atoms with van der Waals surface area (Å²) in [6.45, 7) is 9.87.